The van der Waals surface area contributed by atoms with Gasteiger partial charge in [-0.15, -0.1) is 0 Å². The lowest BCUT2D eigenvalue weighted by atomic mass is 10.1. The van der Waals surface area contributed by atoms with Crippen LogP contribution in [0.15, 0.2) is 64.3 Å². The molecule has 0 aliphatic carbocycles. The molecule has 2 aromatic heterocycles. The number of nitrogens with zero attached hydrogens (tertiary/aromatic N) is 2. The summed E-state index contributed by atoms with van der Waals surface area (Å²) in [7, 11) is 1.59. The Kier molecular flexibility index (Phi) is 3.09. The van der Waals surface area contributed by atoms with Crippen molar-refractivity contribution >= 4 is 0 Å². The van der Waals surface area contributed by atoms with Crippen molar-refractivity contribution in [3.05, 3.63) is 65.5 Å². The first-order valence-corrected chi connectivity index (χ1v) is 6.04. The first-order valence-electron chi connectivity index (χ1n) is 6.04. The summed E-state index contributed by atoms with van der Waals surface area (Å²) in [5.41, 5.74) is 1.08. The van der Waals surface area contributed by atoms with Gasteiger partial charge in [0.2, 0.25) is 0 Å². The second-order valence-corrected chi connectivity index (χ2v) is 4.20. The molecular formula is C15H12N2O3. The first kappa shape index (κ1) is 12.2. The Balaban J connectivity index is 2.12. The van der Waals surface area contributed by atoms with Crippen molar-refractivity contribution in [2.45, 2.75) is 0 Å². The van der Waals surface area contributed by atoms with Crippen molar-refractivity contribution in [2.75, 3.05) is 7.11 Å². The summed E-state index contributed by atoms with van der Waals surface area (Å²) < 4.78 is 12.2. The minimum Gasteiger partial charge on any atom is -0.497 e. The molecule has 1 aromatic carbocycles. The van der Waals surface area contributed by atoms with E-state index in [1.807, 2.05) is 24.3 Å². The van der Waals surface area contributed by atoms with Gasteiger partial charge in [-0.3, -0.25) is 0 Å². The summed E-state index contributed by atoms with van der Waals surface area (Å²) >= 11 is 0. The van der Waals surface area contributed by atoms with E-state index in [0.717, 1.165) is 5.56 Å². The highest BCUT2D eigenvalue weighted by atomic mass is 16.5. The Bertz CT molecular complexity index is 776. The Labute approximate surface area is 115 Å². The molecule has 0 aliphatic rings. The lowest BCUT2D eigenvalue weighted by Gasteiger charge is -2.06. The van der Waals surface area contributed by atoms with Crippen molar-refractivity contribution < 1.29 is 9.15 Å². The van der Waals surface area contributed by atoms with Crippen LogP contribution in [-0.2, 0) is 0 Å². The molecule has 3 rings (SSSR count). The molecule has 0 fully saturated rings. The van der Waals surface area contributed by atoms with Crippen molar-refractivity contribution in [3.63, 3.8) is 0 Å². The van der Waals surface area contributed by atoms with E-state index < -0.39 is 5.63 Å². The molecule has 0 N–H and O–H groups in total. The van der Waals surface area contributed by atoms with E-state index in [1.165, 1.54) is 6.07 Å². The van der Waals surface area contributed by atoms with Crippen LogP contribution in [0.2, 0.25) is 0 Å². The van der Waals surface area contributed by atoms with E-state index in [-0.39, 0.29) is 0 Å². The molecule has 5 nitrogen and oxygen atoms in total. The summed E-state index contributed by atoms with van der Waals surface area (Å²) in [6.45, 7) is 0. The number of benzene rings is 1. The molecule has 3 aromatic rings. The molecule has 0 aliphatic heterocycles. The van der Waals surface area contributed by atoms with Crippen molar-refractivity contribution in [2.24, 2.45) is 0 Å². The number of aromatic nitrogens is 2. The first-order chi connectivity index (χ1) is 9.76. The van der Waals surface area contributed by atoms with Crippen LogP contribution in [0.5, 0.6) is 5.75 Å². The molecule has 0 spiro atoms. The van der Waals surface area contributed by atoms with Crippen LogP contribution < -0.4 is 10.4 Å². The third-order valence-corrected chi connectivity index (χ3v) is 2.91. The SMILES string of the molecule is COc1cccc(-c2cc(-n3ccnc3)cc(=O)o2)c1. The maximum atomic E-state index is 11.7. The molecule has 0 unspecified atom stereocenters. The van der Waals surface area contributed by atoms with Crippen molar-refractivity contribution in [1.29, 1.82) is 0 Å². The highest BCUT2D eigenvalue weighted by molar-refractivity contribution is 5.61. The average Bonchev–Trinajstić information content (AvgIpc) is 3.01. The zero-order valence-corrected chi connectivity index (χ0v) is 10.8. The topological polar surface area (TPSA) is 57.3 Å². The number of rotatable bonds is 3. The van der Waals surface area contributed by atoms with Gasteiger partial charge in [-0.25, -0.2) is 9.78 Å². The molecule has 0 bridgehead atoms. The summed E-state index contributed by atoms with van der Waals surface area (Å²) in [6.07, 6.45) is 5.05. The molecule has 100 valence electrons. The van der Waals surface area contributed by atoms with E-state index in [4.69, 9.17) is 9.15 Å². The fourth-order valence-electron chi connectivity index (χ4n) is 1.94. The largest absolute Gasteiger partial charge is 0.497 e. The fourth-order valence-corrected chi connectivity index (χ4v) is 1.94. The van der Waals surface area contributed by atoms with Gasteiger partial charge >= 0.3 is 5.63 Å². The third kappa shape index (κ3) is 2.33. The van der Waals surface area contributed by atoms with Crippen LogP contribution in [-0.4, -0.2) is 16.7 Å². The second kappa shape index (κ2) is 5.05. The van der Waals surface area contributed by atoms with Gasteiger partial charge in [-0.1, -0.05) is 12.1 Å². The molecule has 0 radical (unpaired) electrons. The summed E-state index contributed by atoms with van der Waals surface area (Å²) in [5.74, 6) is 1.19. The van der Waals surface area contributed by atoms with Crippen LogP contribution in [0.4, 0.5) is 0 Å². The smallest absolute Gasteiger partial charge is 0.338 e. The Morgan fingerprint density at radius 3 is 2.90 bits per heavy atom. The monoisotopic (exact) mass is 268 g/mol. The molecule has 0 saturated heterocycles. The maximum Gasteiger partial charge on any atom is 0.338 e. The van der Waals surface area contributed by atoms with E-state index >= 15 is 0 Å². The highest BCUT2D eigenvalue weighted by Gasteiger charge is 2.07. The van der Waals surface area contributed by atoms with E-state index in [0.29, 0.717) is 17.2 Å². The molecule has 20 heavy (non-hydrogen) atoms. The number of hydrogen-bond acceptors (Lipinski definition) is 4. The number of hydrogen-bond donors (Lipinski definition) is 0. The molecule has 0 amide bonds. The number of ether oxygens (including phenoxy) is 1. The fraction of sp³-hybridized carbons (Fsp3) is 0.0667. The highest BCUT2D eigenvalue weighted by Crippen LogP contribution is 2.24. The number of methoxy groups -OCH3 is 1. The van der Waals surface area contributed by atoms with Gasteiger partial charge in [0.1, 0.15) is 11.5 Å². The normalized spacial score (nSPS) is 10.4. The van der Waals surface area contributed by atoms with E-state index in [1.54, 1.807) is 36.5 Å². The van der Waals surface area contributed by atoms with Gasteiger partial charge in [-0.2, -0.15) is 0 Å². The van der Waals surface area contributed by atoms with Gasteiger partial charge < -0.3 is 13.7 Å². The van der Waals surface area contributed by atoms with Crippen LogP contribution >= 0.6 is 0 Å². The van der Waals surface area contributed by atoms with Crippen LogP contribution in [0.25, 0.3) is 17.0 Å². The minimum absolute atomic E-state index is 0.408. The predicted molar refractivity (Wildman–Crippen MR) is 74.1 cm³/mol. The molecule has 0 saturated carbocycles. The van der Waals surface area contributed by atoms with Crippen LogP contribution in [0, 0.1) is 0 Å². The summed E-state index contributed by atoms with van der Waals surface area (Å²) in [6, 6.07) is 10.6. The van der Waals surface area contributed by atoms with Gasteiger partial charge in [0.05, 0.1) is 19.1 Å². The van der Waals surface area contributed by atoms with Gasteiger partial charge in [-0.05, 0) is 12.1 Å². The van der Waals surface area contributed by atoms with Crippen LogP contribution in [0.1, 0.15) is 0 Å². The average molecular weight is 268 g/mol. The Morgan fingerprint density at radius 1 is 1.25 bits per heavy atom. The molecular weight excluding hydrogens is 256 g/mol. The van der Waals surface area contributed by atoms with Gasteiger partial charge in [0.25, 0.3) is 0 Å². The zero-order valence-electron chi connectivity index (χ0n) is 10.8. The Morgan fingerprint density at radius 2 is 2.15 bits per heavy atom. The van der Waals surface area contributed by atoms with E-state index in [2.05, 4.69) is 4.98 Å². The summed E-state index contributed by atoms with van der Waals surface area (Å²) in [5, 5.41) is 0. The van der Waals surface area contributed by atoms with Gasteiger partial charge in [0.15, 0.2) is 0 Å². The van der Waals surface area contributed by atoms with Gasteiger partial charge in [0, 0.05) is 30.1 Å². The second-order valence-electron chi connectivity index (χ2n) is 4.20. The molecule has 2 heterocycles. The predicted octanol–water partition coefficient (Wildman–Crippen LogP) is 2.50. The third-order valence-electron chi connectivity index (χ3n) is 2.91. The maximum absolute atomic E-state index is 11.7. The van der Waals surface area contributed by atoms with Crippen LogP contribution in [0.3, 0.4) is 0 Å². The lowest BCUT2D eigenvalue weighted by Crippen LogP contribution is -2.02. The number of imidazole rings is 1. The molecule has 5 heteroatoms. The van der Waals surface area contributed by atoms with E-state index in [9.17, 15) is 4.79 Å². The quantitative estimate of drug-likeness (QED) is 0.732. The lowest BCUT2D eigenvalue weighted by molar-refractivity contribution is 0.414. The Hall–Kier alpha value is -2.82. The zero-order chi connectivity index (χ0) is 13.9. The van der Waals surface area contributed by atoms with Crippen molar-refractivity contribution in [3.8, 4) is 22.8 Å². The summed E-state index contributed by atoms with van der Waals surface area (Å²) in [4.78, 5) is 15.7. The molecule has 0 atom stereocenters. The minimum atomic E-state index is -0.408. The standard InChI is InChI=1S/C15H12N2O3/c1-19-13-4-2-3-11(7-13)14-8-12(9-15(18)20-14)17-6-5-16-10-17/h2-10H,1H3. The van der Waals surface area contributed by atoms with Crippen molar-refractivity contribution in [1.82, 2.24) is 9.55 Å².